The lowest BCUT2D eigenvalue weighted by Gasteiger charge is -2.28. The predicted molar refractivity (Wildman–Crippen MR) is 89.6 cm³/mol. The van der Waals surface area contributed by atoms with Crippen LogP contribution in [0.1, 0.15) is 43.7 Å². The van der Waals surface area contributed by atoms with Gasteiger partial charge in [-0.3, -0.25) is 10.1 Å². The second kappa shape index (κ2) is 6.97. The van der Waals surface area contributed by atoms with Gasteiger partial charge in [-0.15, -0.1) is 0 Å². The van der Waals surface area contributed by atoms with Gasteiger partial charge in [0.15, 0.2) is 0 Å². The van der Waals surface area contributed by atoms with E-state index in [1.807, 2.05) is 20.8 Å². The molecule has 24 heavy (non-hydrogen) atoms. The van der Waals surface area contributed by atoms with E-state index in [0.29, 0.717) is 40.9 Å². The Balaban J connectivity index is 2.83. The molecule has 0 spiro atoms. The van der Waals surface area contributed by atoms with Crippen molar-refractivity contribution in [2.45, 2.75) is 39.5 Å². The van der Waals surface area contributed by atoms with Gasteiger partial charge in [0.05, 0.1) is 34.1 Å². The smallest absolute Gasteiger partial charge is 0.273 e. The van der Waals surface area contributed by atoms with Crippen molar-refractivity contribution in [2.75, 3.05) is 0 Å². The molecular formula is C18H18N4O2. The van der Waals surface area contributed by atoms with Gasteiger partial charge in [-0.25, -0.2) is 0 Å². The topological polar surface area (TPSA) is 103 Å². The molecule has 0 saturated carbocycles. The summed E-state index contributed by atoms with van der Waals surface area (Å²) in [6.07, 6.45) is 1.17. The molecule has 0 bridgehead atoms. The first-order valence-electron chi connectivity index (χ1n) is 7.76. The molecule has 122 valence electrons. The Labute approximate surface area is 140 Å². The van der Waals surface area contributed by atoms with E-state index in [9.17, 15) is 20.6 Å². The number of dihydropyridines is 1. The average Bonchev–Trinajstić information content (AvgIpc) is 2.59. The van der Waals surface area contributed by atoms with Crippen molar-refractivity contribution >= 4 is 5.69 Å². The second-order valence-corrected chi connectivity index (χ2v) is 5.59. The summed E-state index contributed by atoms with van der Waals surface area (Å²) in [6, 6.07) is 9.11. The van der Waals surface area contributed by atoms with Gasteiger partial charge >= 0.3 is 0 Å². The molecule has 1 aromatic carbocycles. The normalized spacial score (nSPS) is 14.9. The quantitative estimate of drug-likeness (QED) is 0.667. The Bertz CT molecular complexity index is 800. The molecule has 0 saturated heterocycles. The van der Waals surface area contributed by atoms with Gasteiger partial charge in [0.2, 0.25) is 0 Å². The van der Waals surface area contributed by atoms with Gasteiger partial charge in [0, 0.05) is 23.0 Å². The van der Waals surface area contributed by atoms with Gasteiger partial charge in [0.25, 0.3) is 5.69 Å². The minimum atomic E-state index is -0.702. The van der Waals surface area contributed by atoms with E-state index < -0.39 is 10.8 Å². The fraction of sp³-hybridized carbons (Fsp3) is 0.333. The molecule has 0 radical (unpaired) electrons. The van der Waals surface area contributed by atoms with Gasteiger partial charge in [-0.05, 0) is 25.8 Å². The van der Waals surface area contributed by atoms with Crippen molar-refractivity contribution in [1.82, 2.24) is 5.32 Å². The first-order valence-corrected chi connectivity index (χ1v) is 7.76. The number of allylic oxidation sites excluding steroid dienone is 4. The Morgan fingerprint density at radius 2 is 1.71 bits per heavy atom. The van der Waals surface area contributed by atoms with E-state index >= 15 is 0 Å². The van der Waals surface area contributed by atoms with Crippen LogP contribution in [-0.2, 0) is 0 Å². The number of rotatable bonds is 4. The Morgan fingerprint density at radius 1 is 1.17 bits per heavy atom. The highest BCUT2D eigenvalue weighted by Crippen LogP contribution is 2.42. The molecule has 0 aromatic heterocycles. The summed E-state index contributed by atoms with van der Waals surface area (Å²) in [5.74, 6) is -0.702. The summed E-state index contributed by atoms with van der Waals surface area (Å²) < 4.78 is 0. The van der Waals surface area contributed by atoms with Crippen LogP contribution in [0.3, 0.4) is 0 Å². The first-order chi connectivity index (χ1) is 11.5. The molecular weight excluding hydrogens is 304 g/mol. The van der Waals surface area contributed by atoms with Gasteiger partial charge in [-0.1, -0.05) is 25.5 Å². The van der Waals surface area contributed by atoms with E-state index in [-0.39, 0.29) is 5.69 Å². The van der Waals surface area contributed by atoms with Crippen molar-refractivity contribution in [1.29, 1.82) is 10.5 Å². The lowest BCUT2D eigenvalue weighted by atomic mass is 9.79. The number of hydrogen-bond acceptors (Lipinski definition) is 5. The van der Waals surface area contributed by atoms with Gasteiger partial charge in [0.1, 0.15) is 0 Å². The highest BCUT2D eigenvalue weighted by atomic mass is 16.6. The van der Waals surface area contributed by atoms with Crippen LogP contribution in [0, 0.1) is 39.7 Å². The molecule has 0 fully saturated rings. The maximum atomic E-state index is 11.5. The third-order valence-corrected chi connectivity index (χ3v) is 4.17. The lowest BCUT2D eigenvalue weighted by molar-refractivity contribution is -0.385. The molecule has 1 aliphatic heterocycles. The van der Waals surface area contributed by atoms with Gasteiger partial charge < -0.3 is 5.32 Å². The van der Waals surface area contributed by atoms with Crippen LogP contribution in [0.15, 0.2) is 40.7 Å². The highest BCUT2D eigenvalue weighted by molar-refractivity contribution is 5.60. The van der Waals surface area contributed by atoms with E-state index in [1.165, 1.54) is 6.07 Å². The third-order valence-electron chi connectivity index (χ3n) is 4.17. The maximum absolute atomic E-state index is 11.5. The number of nitro benzene ring substituents is 1. The summed E-state index contributed by atoms with van der Waals surface area (Å²) in [6.45, 7) is 5.65. The first kappa shape index (κ1) is 17.2. The van der Waals surface area contributed by atoms with E-state index in [2.05, 4.69) is 17.5 Å². The lowest BCUT2D eigenvalue weighted by Crippen LogP contribution is -2.26. The fourth-order valence-electron chi connectivity index (χ4n) is 3.01. The van der Waals surface area contributed by atoms with Gasteiger partial charge in [-0.2, -0.15) is 10.5 Å². The Kier molecular flexibility index (Phi) is 5.01. The standard InChI is InChI=1S/C18H18N4O2/c1-4-15-13(9-19)18(14(10-20)16(5-2)21-15)12-8-11(3)6-7-17(12)22(23)24/h6-8,18,21H,4-5H2,1-3H3. The predicted octanol–water partition coefficient (Wildman–Crippen LogP) is 3.97. The van der Waals surface area contributed by atoms with Crippen LogP contribution >= 0.6 is 0 Å². The molecule has 1 aromatic rings. The summed E-state index contributed by atoms with van der Waals surface area (Å²) >= 11 is 0. The van der Waals surface area contributed by atoms with E-state index in [4.69, 9.17) is 0 Å². The van der Waals surface area contributed by atoms with Crippen LogP contribution in [0.4, 0.5) is 5.69 Å². The Hall–Kier alpha value is -3.12. The Morgan fingerprint density at radius 3 is 2.12 bits per heavy atom. The number of nitrogens with zero attached hydrogens (tertiary/aromatic N) is 3. The molecule has 0 amide bonds. The van der Waals surface area contributed by atoms with Crippen LogP contribution in [0.25, 0.3) is 0 Å². The van der Waals surface area contributed by atoms with Crippen molar-refractivity contribution in [2.24, 2.45) is 0 Å². The molecule has 1 heterocycles. The summed E-state index contributed by atoms with van der Waals surface area (Å²) in [5.41, 5.74) is 3.36. The molecule has 1 N–H and O–H groups in total. The number of nitrogens with one attached hydrogen (secondary N) is 1. The largest absolute Gasteiger partial charge is 0.361 e. The minimum Gasteiger partial charge on any atom is -0.361 e. The zero-order valence-electron chi connectivity index (χ0n) is 13.9. The fourth-order valence-corrected chi connectivity index (χ4v) is 3.01. The van der Waals surface area contributed by atoms with Crippen molar-refractivity contribution in [3.05, 3.63) is 62.0 Å². The SMILES string of the molecule is CCC1=C(C#N)C(c2cc(C)ccc2[N+](=O)[O-])C(C#N)=C(CC)N1. The third kappa shape index (κ3) is 2.87. The monoisotopic (exact) mass is 322 g/mol. The number of benzene rings is 1. The summed E-state index contributed by atoms with van der Waals surface area (Å²) in [4.78, 5) is 11.0. The van der Waals surface area contributed by atoms with Crippen LogP contribution in [0.2, 0.25) is 0 Å². The molecule has 0 atom stereocenters. The van der Waals surface area contributed by atoms with Crippen molar-refractivity contribution < 1.29 is 4.92 Å². The van der Waals surface area contributed by atoms with Crippen molar-refractivity contribution in [3.63, 3.8) is 0 Å². The summed E-state index contributed by atoms with van der Waals surface area (Å²) in [5, 5.41) is 33.9. The molecule has 0 aliphatic carbocycles. The summed E-state index contributed by atoms with van der Waals surface area (Å²) in [7, 11) is 0. The minimum absolute atomic E-state index is 0.0705. The average molecular weight is 322 g/mol. The number of aryl methyl sites for hydroxylation is 1. The highest BCUT2D eigenvalue weighted by Gasteiger charge is 2.35. The molecule has 1 aliphatic rings. The molecule has 6 heteroatoms. The zero-order chi connectivity index (χ0) is 17.9. The van der Waals surface area contributed by atoms with Crippen LogP contribution < -0.4 is 5.32 Å². The number of hydrogen-bond donors (Lipinski definition) is 1. The second-order valence-electron chi connectivity index (χ2n) is 5.59. The number of nitro groups is 1. The molecule has 6 nitrogen and oxygen atoms in total. The van der Waals surface area contributed by atoms with Crippen LogP contribution in [0.5, 0.6) is 0 Å². The maximum Gasteiger partial charge on any atom is 0.273 e. The zero-order valence-corrected chi connectivity index (χ0v) is 13.9. The molecule has 2 rings (SSSR count). The van der Waals surface area contributed by atoms with Crippen LogP contribution in [-0.4, -0.2) is 4.92 Å². The molecule has 0 unspecified atom stereocenters. The van der Waals surface area contributed by atoms with E-state index in [1.54, 1.807) is 12.1 Å². The van der Waals surface area contributed by atoms with Crippen molar-refractivity contribution in [3.8, 4) is 12.1 Å². The van der Waals surface area contributed by atoms with E-state index in [0.717, 1.165) is 5.56 Å². The number of nitriles is 2.